The van der Waals surface area contributed by atoms with Gasteiger partial charge in [-0.15, -0.1) is 0 Å². The van der Waals surface area contributed by atoms with Crippen LogP contribution in [0.15, 0.2) is 34.1 Å². The zero-order valence-electron chi connectivity index (χ0n) is 12.8. The van der Waals surface area contributed by atoms with Gasteiger partial charge in [0.15, 0.2) is 0 Å². The molecule has 0 saturated heterocycles. The van der Waals surface area contributed by atoms with Crippen LogP contribution >= 0.6 is 21.6 Å². The summed E-state index contributed by atoms with van der Waals surface area (Å²) in [5.74, 6) is 0. The molecule has 0 fully saturated rings. The summed E-state index contributed by atoms with van der Waals surface area (Å²) in [4.78, 5) is 0.687. The summed E-state index contributed by atoms with van der Waals surface area (Å²) >= 11 is 0. The van der Waals surface area contributed by atoms with E-state index < -0.39 is 0 Å². The molecule has 0 unspecified atom stereocenters. The third kappa shape index (κ3) is 3.60. The van der Waals surface area contributed by atoms with Crippen LogP contribution in [0.1, 0.15) is 33.4 Å². The topological polar surface area (TPSA) is 143 Å². The fourth-order valence-electron chi connectivity index (χ4n) is 1.98. The normalized spacial score (nSPS) is 8.85. The van der Waals surface area contributed by atoms with Gasteiger partial charge < -0.3 is 0 Å². The SMILES string of the molecule is N#Cc1cc(C#N)c(SSc2c(C#N)cc(C#N)cc2C#N)c(C#N)c1. The molecule has 0 aliphatic heterocycles. The second-order valence-electron chi connectivity index (χ2n) is 4.64. The smallest absolute Gasteiger partial charge is 0.100 e. The lowest BCUT2D eigenvalue weighted by Crippen LogP contribution is -1.91. The molecule has 2 aromatic carbocycles. The van der Waals surface area contributed by atoms with Gasteiger partial charge in [-0.2, -0.15) is 31.6 Å². The van der Waals surface area contributed by atoms with Gasteiger partial charge in [0.1, 0.15) is 24.3 Å². The maximum absolute atomic E-state index is 9.29. The minimum atomic E-state index is 0.156. The van der Waals surface area contributed by atoms with E-state index in [0.717, 1.165) is 21.6 Å². The van der Waals surface area contributed by atoms with Crippen LogP contribution in [0.5, 0.6) is 0 Å². The van der Waals surface area contributed by atoms with Crippen molar-refractivity contribution in [3.8, 4) is 36.4 Å². The van der Waals surface area contributed by atoms with E-state index in [0.29, 0.717) is 9.79 Å². The van der Waals surface area contributed by atoms with Crippen molar-refractivity contribution >= 4 is 21.6 Å². The molecule has 0 spiro atoms. The maximum atomic E-state index is 9.29. The van der Waals surface area contributed by atoms with E-state index in [2.05, 4.69) is 0 Å². The summed E-state index contributed by atoms with van der Waals surface area (Å²) in [7, 11) is 2.09. The third-order valence-corrected chi connectivity index (χ3v) is 5.67. The molecule has 0 heterocycles. The van der Waals surface area contributed by atoms with Crippen molar-refractivity contribution in [2.75, 3.05) is 0 Å². The van der Waals surface area contributed by atoms with Gasteiger partial charge in [0, 0.05) is 0 Å². The number of benzene rings is 2. The third-order valence-electron chi connectivity index (χ3n) is 3.13. The highest BCUT2D eigenvalue weighted by molar-refractivity contribution is 8.76. The van der Waals surface area contributed by atoms with Crippen molar-refractivity contribution in [3.05, 3.63) is 57.6 Å². The number of rotatable bonds is 3. The monoisotopic (exact) mass is 368 g/mol. The summed E-state index contributed by atoms with van der Waals surface area (Å²) in [5, 5.41) is 55.1. The van der Waals surface area contributed by atoms with Gasteiger partial charge in [0.05, 0.1) is 55.3 Å². The molecular weight excluding hydrogens is 364 g/mol. The van der Waals surface area contributed by atoms with Gasteiger partial charge in [0.25, 0.3) is 0 Å². The highest BCUT2D eigenvalue weighted by atomic mass is 33.1. The average Bonchev–Trinajstić information content (AvgIpc) is 2.70. The van der Waals surface area contributed by atoms with E-state index in [1.807, 2.05) is 36.4 Å². The Morgan fingerprint density at radius 3 is 0.923 bits per heavy atom. The fourth-order valence-corrected chi connectivity index (χ4v) is 4.50. The van der Waals surface area contributed by atoms with Gasteiger partial charge in [0.2, 0.25) is 0 Å². The zero-order chi connectivity index (χ0) is 19.1. The second kappa shape index (κ2) is 8.26. The number of hydrogen-bond donors (Lipinski definition) is 0. The quantitative estimate of drug-likeness (QED) is 0.746. The van der Waals surface area contributed by atoms with Crippen LogP contribution in [0.3, 0.4) is 0 Å². The molecule has 118 valence electrons. The molecule has 26 heavy (non-hydrogen) atoms. The van der Waals surface area contributed by atoms with Crippen LogP contribution in [0.25, 0.3) is 0 Å². The lowest BCUT2D eigenvalue weighted by Gasteiger charge is -2.09. The van der Waals surface area contributed by atoms with E-state index in [9.17, 15) is 21.0 Å². The summed E-state index contributed by atoms with van der Waals surface area (Å²) in [6, 6.07) is 17.1. The number of nitrogens with zero attached hydrogens (tertiary/aromatic N) is 6. The first kappa shape index (κ1) is 18.4. The molecule has 0 radical (unpaired) electrons. The Kier molecular flexibility index (Phi) is 5.85. The van der Waals surface area contributed by atoms with Crippen molar-refractivity contribution in [2.45, 2.75) is 9.79 Å². The largest absolute Gasteiger partial charge is 0.192 e. The predicted molar refractivity (Wildman–Crippen MR) is 92.9 cm³/mol. The first-order chi connectivity index (χ1) is 12.6. The Hall–Kier alpha value is -3.92. The van der Waals surface area contributed by atoms with Crippen LogP contribution in [0.4, 0.5) is 0 Å². The van der Waals surface area contributed by atoms with E-state index in [-0.39, 0.29) is 33.4 Å². The molecule has 2 aromatic rings. The molecular formula is C18H4N6S2. The van der Waals surface area contributed by atoms with Crippen LogP contribution < -0.4 is 0 Å². The van der Waals surface area contributed by atoms with E-state index >= 15 is 0 Å². The minimum Gasteiger partial charge on any atom is -0.192 e. The summed E-state index contributed by atoms with van der Waals surface area (Å²) in [6.07, 6.45) is 0. The molecule has 0 aliphatic carbocycles. The van der Waals surface area contributed by atoms with Crippen molar-refractivity contribution in [1.29, 1.82) is 31.6 Å². The highest BCUT2D eigenvalue weighted by Gasteiger charge is 2.17. The van der Waals surface area contributed by atoms with Gasteiger partial charge in [-0.3, -0.25) is 0 Å². The Bertz CT molecular complexity index is 994. The standard InChI is InChI=1S/C18H4N6S2/c19-5-11-1-13(7-21)17(14(2-11)8-22)25-26-18-15(9-23)3-12(6-20)4-16(18)10-24/h1-4H. The van der Waals surface area contributed by atoms with E-state index in [1.54, 1.807) is 0 Å². The fraction of sp³-hybridized carbons (Fsp3) is 0. The van der Waals surface area contributed by atoms with Crippen molar-refractivity contribution < 1.29 is 0 Å². The molecule has 2 rings (SSSR count). The van der Waals surface area contributed by atoms with Crippen LogP contribution in [0.2, 0.25) is 0 Å². The predicted octanol–water partition coefficient (Wildman–Crippen LogP) is 3.72. The van der Waals surface area contributed by atoms with Crippen molar-refractivity contribution in [1.82, 2.24) is 0 Å². The van der Waals surface area contributed by atoms with Gasteiger partial charge in [-0.1, -0.05) is 0 Å². The molecule has 0 aromatic heterocycles. The zero-order valence-corrected chi connectivity index (χ0v) is 14.4. The number of hydrogen-bond acceptors (Lipinski definition) is 8. The van der Waals surface area contributed by atoms with Crippen LogP contribution in [0, 0.1) is 68.0 Å². The first-order valence-corrected chi connectivity index (χ1v) is 8.88. The molecule has 6 nitrogen and oxygen atoms in total. The highest BCUT2D eigenvalue weighted by Crippen LogP contribution is 2.43. The summed E-state index contributed by atoms with van der Waals surface area (Å²) in [5.41, 5.74) is 1.02. The Labute approximate surface area is 157 Å². The van der Waals surface area contributed by atoms with Gasteiger partial charge >= 0.3 is 0 Å². The Morgan fingerprint density at radius 1 is 0.462 bits per heavy atom. The Morgan fingerprint density at radius 2 is 0.731 bits per heavy atom. The molecule has 0 bridgehead atoms. The molecule has 0 N–H and O–H groups in total. The molecule has 0 saturated carbocycles. The molecule has 0 atom stereocenters. The first-order valence-electron chi connectivity index (χ1n) is 6.73. The minimum absolute atomic E-state index is 0.156. The second-order valence-corrected chi connectivity index (χ2v) is 6.79. The van der Waals surface area contributed by atoms with Crippen LogP contribution in [-0.2, 0) is 0 Å². The maximum Gasteiger partial charge on any atom is 0.100 e. The molecule has 0 amide bonds. The van der Waals surface area contributed by atoms with E-state index in [1.165, 1.54) is 24.3 Å². The molecule has 8 heteroatoms. The molecule has 0 aliphatic rings. The van der Waals surface area contributed by atoms with E-state index in [4.69, 9.17) is 10.5 Å². The van der Waals surface area contributed by atoms with Crippen molar-refractivity contribution in [3.63, 3.8) is 0 Å². The van der Waals surface area contributed by atoms with Gasteiger partial charge in [-0.25, -0.2) is 0 Å². The summed E-state index contributed by atoms with van der Waals surface area (Å²) < 4.78 is 0. The lowest BCUT2D eigenvalue weighted by atomic mass is 10.1. The van der Waals surface area contributed by atoms with Gasteiger partial charge in [-0.05, 0) is 45.9 Å². The lowest BCUT2D eigenvalue weighted by molar-refractivity contribution is 1.30. The Balaban J connectivity index is 2.52. The average molecular weight is 368 g/mol. The number of nitriles is 6. The summed E-state index contributed by atoms with van der Waals surface area (Å²) in [6.45, 7) is 0. The van der Waals surface area contributed by atoms with Crippen LogP contribution in [-0.4, -0.2) is 0 Å². The van der Waals surface area contributed by atoms with Crippen molar-refractivity contribution in [2.24, 2.45) is 0 Å².